The largest absolute Gasteiger partial charge is 0.347 e. The van der Waals surface area contributed by atoms with Gasteiger partial charge in [0, 0.05) is 56.2 Å². The van der Waals surface area contributed by atoms with E-state index in [9.17, 15) is 0 Å². The van der Waals surface area contributed by atoms with Crippen LogP contribution in [0.2, 0.25) is 5.02 Å². The highest BCUT2D eigenvalue weighted by atomic mass is 35.5. The number of hydrogen-bond acceptors (Lipinski definition) is 5. The van der Waals surface area contributed by atoms with Gasteiger partial charge in [0.15, 0.2) is 0 Å². The molecule has 1 atom stereocenters. The van der Waals surface area contributed by atoms with Crippen molar-refractivity contribution in [3.05, 3.63) is 59.1 Å². The Labute approximate surface area is 177 Å². The molecule has 152 valence electrons. The fraction of sp³-hybridized carbons (Fsp3) is 0.409. The minimum Gasteiger partial charge on any atom is -0.347 e. The van der Waals surface area contributed by atoms with Crippen LogP contribution in [0.4, 0.5) is 5.95 Å². The summed E-state index contributed by atoms with van der Waals surface area (Å²) in [5.74, 6) is 0.740. The standard InChI is InChI=1S/C22H27ClN6/c1-27(2)22-24-13-19(17-12-25-28(3)15-17)21(26-22)20-6-4-5-11-29(20)14-16-7-9-18(23)10-8-16/h7-10,12-13,15,20H,4-6,11,14H2,1-3H3/t20-/m0/s1. The van der Waals surface area contributed by atoms with Gasteiger partial charge in [-0.15, -0.1) is 0 Å². The molecule has 0 N–H and O–H groups in total. The first kappa shape index (κ1) is 19.9. The molecule has 0 aliphatic carbocycles. The van der Waals surface area contributed by atoms with Crippen LogP contribution < -0.4 is 4.90 Å². The number of nitrogens with zero attached hydrogens (tertiary/aromatic N) is 6. The monoisotopic (exact) mass is 410 g/mol. The van der Waals surface area contributed by atoms with E-state index in [1.807, 2.05) is 61.4 Å². The number of benzene rings is 1. The van der Waals surface area contributed by atoms with E-state index in [2.05, 4.69) is 27.1 Å². The molecule has 29 heavy (non-hydrogen) atoms. The number of hydrogen-bond donors (Lipinski definition) is 0. The van der Waals surface area contributed by atoms with Gasteiger partial charge in [0.05, 0.1) is 17.9 Å². The molecule has 1 aliphatic heterocycles. The smallest absolute Gasteiger partial charge is 0.225 e. The minimum absolute atomic E-state index is 0.247. The summed E-state index contributed by atoms with van der Waals surface area (Å²) in [6.07, 6.45) is 9.37. The summed E-state index contributed by atoms with van der Waals surface area (Å²) in [7, 11) is 5.90. The Hall–Kier alpha value is -2.44. The zero-order chi connectivity index (χ0) is 20.4. The van der Waals surface area contributed by atoms with Crippen LogP contribution in [0.25, 0.3) is 11.1 Å². The van der Waals surface area contributed by atoms with Crippen molar-refractivity contribution in [2.24, 2.45) is 7.05 Å². The van der Waals surface area contributed by atoms with Crippen molar-refractivity contribution >= 4 is 17.5 Å². The number of anilines is 1. The minimum atomic E-state index is 0.247. The van der Waals surface area contributed by atoms with Gasteiger partial charge < -0.3 is 4.90 Å². The number of halogens is 1. The fourth-order valence-corrected chi connectivity index (χ4v) is 4.08. The van der Waals surface area contributed by atoms with E-state index < -0.39 is 0 Å². The highest BCUT2D eigenvalue weighted by Gasteiger charge is 2.28. The first-order valence-corrected chi connectivity index (χ1v) is 10.4. The summed E-state index contributed by atoms with van der Waals surface area (Å²) in [6.45, 7) is 1.94. The first-order valence-electron chi connectivity index (χ1n) is 10.0. The first-order chi connectivity index (χ1) is 14.0. The third kappa shape index (κ3) is 4.43. The maximum absolute atomic E-state index is 6.07. The van der Waals surface area contributed by atoms with Crippen molar-refractivity contribution in [2.75, 3.05) is 25.5 Å². The summed E-state index contributed by atoms with van der Waals surface area (Å²) >= 11 is 6.07. The van der Waals surface area contributed by atoms with Gasteiger partial charge in [-0.2, -0.15) is 5.10 Å². The van der Waals surface area contributed by atoms with Gasteiger partial charge in [0.25, 0.3) is 0 Å². The molecule has 1 saturated heterocycles. The van der Waals surface area contributed by atoms with Crippen LogP contribution in [-0.2, 0) is 13.6 Å². The van der Waals surface area contributed by atoms with E-state index in [1.54, 1.807) is 0 Å². The molecule has 4 rings (SSSR count). The van der Waals surface area contributed by atoms with Crippen LogP contribution in [0.15, 0.2) is 42.9 Å². The van der Waals surface area contributed by atoms with Crippen LogP contribution in [-0.4, -0.2) is 45.3 Å². The van der Waals surface area contributed by atoms with Gasteiger partial charge in [-0.3, -0.25) is 9.58 Å². The highest BCUT2D eigenvalue weighted by Crippen LogP contribution is 2.37. The van der Waals surface area contributed by atoms with Crippen LogP contribution in [0.1, 0.15) is 36.6 Å². The van der Waals surface area contributed by atoms with Crippen molar-refractivity contribution < 1.29 is 0 Å². The topological polar surface area (TPSA) is 50.1 Å². The average Bonchev–Trinajstić information content (AvgIpc) is 3.16. The molecular weight excluding hydrogens is 384 g/mol. The molecule has 1 fully saturated rings. The normalized spacial score (nSPS) is 17.4. The van der Waals surface area contributed by atoms with E-state index in [-0.39, 0.29) is 6.04 Å². The van der Waals surface area contributed by atoms with Crippen molar-refractivity contribution in [2.45, 2.75) is 31.8 Å². The lowest BCUT2D eigenvalue weighted by molar-refractivity contribution is 0.137. The Morgan fingerprint density at radius 3 is 2.62 bits per heavy atom. The second-order valence-electron chi connectivity index (χ2n) is 7.87. The molecule has 0 bridgehead atoms. The Bertz CT molecular complexity index is 966. The van der Waals surface area contributed by atoms with Gasteiger partial charge in [-0.1, -0.05) is 30.2 Å². The molecule has 2 aromatic heterocycles. The molecule has 7 heteroatoms. The molecule has 0 unspecified atom stereocenters. The van der Waals surface area contributed by atoms with E-state index >= 15 is 0 Å². The molecular formula is C22H27ClN6. The second kappa shape index (κ2) is 8.51. The number of likely N-dealkylation sites (tertiary alicyclic amines) is 1. The van der Waals surface area contributed by atoms with Crippen LogP contribution in [0.3, 0.4) is 0 Å². The number of rotatable bonds is 5. The van der Waals surface area contributed by atoms with Gasteiger partial charge in [0.1, 0.15) is 0 Å². The molecule has 3 heterocycles. The molecule has 6 nitrogen and oxygen atoms in total. The van der Waals surface area contributed by atoms with E-state index in [0.717, 1.165) is 47.3 Å². The molecule has 0 saturated carbocycles. The Morgan fingerprint density at radius 2 is 1.93 bits per heavy atom. The molecule has 3 aromatic rings. The maximum Gasteiger partial charge on any atom is 0.225 e. The second-order valence-corrected chi connectivity index (χ2v) is 8.31. The Balaban J connectivity index is 1.72. The molecule has 0 amide bonds. The maximum atomic E-state index is 6.07. The molecule has 0 radical (unpaired) electrons. The summed E-state index contributed by atoms with van der Waals surface area (Å²) in [6, 6.07) is 8.40. The third-order valence-corrected chi connectivity index (χ3v) is 5.70. The van der Waals surface area contributed by atoms with Gasteiger partial charge >= 0.3 is 0 Å². The van der Waals surface area contributed by atoms with E-state index in [1.165, 1.54) is 18.4 Å². The predicted molar refractivity (Wildman–Crippen MR) is 117 cm³/mol. The number of piperidine rings is 1. The van der Waals surface area contributed by atoms with Crippen LogP contribution in [0.5, 0.6) is 0 Å². The molecule has 1 aromatic carbocycles. The van der Waals surface area contributed by atoms with Gasteiger partial charge in [0.2, 0.25) is 5.95 Å². The van der Waals surface area contributed by atoms with Crippen molar-refractivity contribution in [3.63, 3.8) is 0 Å². The summed E-state index contributed by atoms with van der Waals surface area (Å²) in [5.41, 5.74) is 4.48. The lowest BCUT2D eigenvalue weighted by Gasteiger charge is -2.36. The van der Waals surface area contributed by atoms with Crippen molar-refractivity contribution in [3.8, 4) is 11.1 Å². The Morgan fingerprint density at radius 1 is 1.14 bits per heavy atom. The van der Waals surface area contributed by atoms with E-state index in [4.69, 9.17) is 16.6 Å². The third-order valence-electron chi connectivity index (χ3n) is 5.45. The fourth-order valence-electron chi connectivity index (χ4n) is 3.95. The summed E-state index contributed by atoms with van der Waals surface area (Å²) in [5, 5.41) is 5.13. The number of aromatic nitrogens is 4. The van der Waals surface area contributed by atoms with Crippen molar-refractivity contribution in [1.82, 2.24) is 24.6 Å². The zero-order valence-electron chi connectivity index (χ0n) is 17.2. The lowest BCUT2D eigenvalue weighted by atomic mass is 9.94. The van der Waals surface area contributed by atoms with Crippen molar-refractivity contribution in [1.29, 1.82) is 0 Å². The highest BCUT2D eigenvalue weighted by molar-refractivity contribution is 6.30. The zero-order valence-corrected chi connectivity index (χ0v) is 18.0. The van der Waals surface area contributed by atoms with Crippen LogP contribution in [0, 0.1) is 0 Å². The number of aryl methyl sites for hydroxylation is 1. The summed E-state index contributed by atoms with van der Waals surface area (Å²) < 4.78 is 1.82. The molecule has 0 spiro atoms. The summed E-state index contributed by atoms with van der Waals surface area (Å²) in [4.78, 5) is 14.1. The quantitative estimate of drug-likeness (QED) is 0.626. The average molecular weight is 411 g/mol. The lowest BCUT2D eigenvalue weighted by Crippen LogP contribution is -2.34. The Kier molecular flexibility index (Phi) is 5.83. The van der Waals surface area contributed by atoms with Gasteiger partial charge in [-0.25, -0.2) is 9.97 Å². The predicted octanol–water partition coefficient (Wildman–Crippen LogP) is 4.32. The van der Waals surface area contributed by atoms with Gasteiger partial charge in [-0.05, 0) is 37.1 Å². The molecule has 1 aliphatic rings. The van der Waals surface area contributed by atoms with E-state index in [0.29, 0.717) is 0 Å². The van der Waals surface area contributed by atoms with Crippen LogP contribution >= 0.6 is 11.6 Å². The SMILES string of the molecule is CN(C)c1ncc(-c2cnn(C)c2)c([C@@H]2CCCCN2Cc2ccc(Cl)cc2)n1.